The lowest BCUT2D eigenvalue weighted by Crippen LogP contribution is -1.93. The Morgan fingerprint density at radius 1 is 1.29 bits per heavy atom. The SMILES string of the molecule is COc1ccccc1Cc1ccc(C(=O)O)o1. The van der Waals surface area contributed by atoms with E-state index in [0.29, 0.717) is 12.2 Å². The van der Waals surface area contributed by atoms with E-state index in [1.54, 1.807) is 13.2 Å². The zero-order valence-electron chi connectivity index (χ0n) is 9.34. The molecule has 0 saturated heterocycles. The Morgan fingerprint density at radius 3 is 2.71 bits per heavy atom. The van der Waals surface area contributed by atoms with Crippen LogP contribution >= 0.6 is 0 Å². The van der Waals surface area contributed by atoms with Crippen LogP contribution in [0, 0.1) is 0 Å². The van der Waals surface area contributed by atoms with Crippen LogP contribution in [0.15, 0.2) is 40.8 Å². The van der Waals surface area contributed by atoms with Gasteiger partial charge in [-0.2, -0.15) is 0 Å². The lowest BCUT2D eigenvalue weighted by molar-refractivity contribution is 0.0660. The molecular formula is C13H12O4. The topological polar surface area (TPSA) is 59.7 Å². The molecule has 17 heavy (non-hydrogen) atoms. The number of rotatable bonds is 4. The summed E-state index contributed by atoms with van der Waals surface area (Å²) in [6.07, 6.45) is 0.511. The number of ether oxygens (including phenoxy) is 1. The first-order valence-corrected chi connectivity index (χ1v) is 5.14. The second-order valence-corrected chi connectivity index (χ2v) is 3.56. The van der Waals surface area contributed by atoms with Crippen molar-refractivity contribution in [2.45, 2.75) is 6.42 Å². The molecule has 1 aromatic heterocycles. The molecule has 0 atom stereocenters. The molecule has 0 unspecified atom stereocenters. The highest BCUT2D eigenvalue weighted by Crippen LogP contribution is 2.21. The van der Waals surface area contributed by atoms with Crippen molar-refractivity contribution in [3.05, 3.63) is 53.5 Å². The van der Waals surface area contributed by atoms with Crippen molar-refractivity contribution in [3.63, 3.8) is 0 Å². The average Bonchev–Trinajstić information content (AvgIpc) is 2.78. The van der Waals surface area contributed by atoms with Crippen LogP contribution in [-0.4, -0.2) is 18.2 Å². The predicted octanol–water partition coefficient (Wildman–Crippen LogP) is 2.58. The van der Waals surface area contributed by atoms with Gasteiger partial charge in [0.15, 0.2) is 0 Å². The maximum absolute atomic E-state index is 10.7. The molecule has 0 bridgehead atoms. The minimum Gasteiger partial charge on any atom is -0.496 e. The third-order valence-electron chi connectivity index (χ3n) is 2.43. The number of carboxylic acid groups (broad SMARTS) is 1. The number of hydrogen-bond donors (Lipinski definition) is 1. The molecule has 1 aromatic carbocycles. The van der Waals surface area contributed by atoms with Crippen molar-refractivity contribution in [3.8, 4) is 5.75 Å². The van der Waals surface area contributed by atoms with Gasteiger partial charge in [0, 0.05) is 12.0 Å². The molecule has 1 heterocycles. The zero-order valence-corrected chi connectivity index (χ0v) is 9.34. The first kappa shape index (κ1) is 11.3. The second kappa shape index (κ2) is 4.74. The molecule has 0 aliphatic heterocycles. The van der Waals surface area contributed by atoms with Gasteiger partial charge >= 0.3 is 5.97 Å². The van der Waals surface area contributed by atoms with Gasteiger partial charge in [0.25, 0.3) is 0 Å². The van der Waals surface area contributed by atoms with Crippen LogP contribution in [0.1, 0.15) is 21.9 Å². The quantitative estimate of drug-likeness (QED) is 0.880. The summed E-state index contributed by atoms with van der Waals surface area (Å²) < 4.78 is 10.4. The summed E-state index contributed by atoms with van der Waals surface area (Å²) in [5.74, 6) is 0.263. The standard InChI is InChI=1S/C13H12O4/c1-16-11-5-3-2-4-9(11)8-10-6-7-12(17-10)13(14)15/h2-7H,8H2,1H3,(H,14,15). The Kier molecular flexibility index (Phi) is 3.14. The normalized spacial score (nSPS) is 10.2. The van der Waals surface area contributed by atoms with Crippen LogP contribution < -0.4 is 4.74 Å². The van der Waals surface area contributed by atoms with Crippen LogP contribution in [0.3, 0.4) is 0 Å². The molecule has 0 saturated carbocycles. The van der Waals surface area contributed by atoms with Crippen LogP contribution in [0.25, 0.3) is 0 Å². The predicted molar refractivity (Wildman–Crippen MR) is 61.5 cm³/mol. The van der Waals surface area contributed by atoms with Crippen molar-refractivity contribution in [1.82, 2.24) is 0 Å². The maximum Gasteiger partial charge on any atom is 0.371 e. The van der Waals surface area contributed by atoms with Crippen molar-refractivity contribution in [1.29, 1.82) is 0 Å². The van der Waals surface area contributed by atoms with Gasteiger partial charge in [0.05, 0.1) is 7.11 Å². The number of furan rings is 1. The van der Waals surface area contributed by atoms with Gasteiger partial charge in [-0.1, -0.05) is 18.2 Å². The minimum atomic E-state index is -1.06. The van der Waals surface area contributed by atoms with E-state index >= 15 is 0 Å². The Balaban J connectivity index is 2.22. The molecule has 0 aliphatic carbocycles. The fourth-order valence-corrected chi connectivity index (χ4v) is 1.62. The van der Waals surface area contributed by atoms with Gasteiger partial charge in [-0.3, -0.25) is 0 Å². The highest BCUT2D eigenvalue weighted by atomic mass is 16.5. The Hall–Kier alpha value is -2.23. The first-order valence-electron chi connectivity index (χ1n) is 5.14. The molecule has 0 spiro atoms. The van der Waals surface area contributed by atoms with E-state index < -0.39 is 5.97 Å². The summed E-state index contributed by atoms with van der Waals surface area (Å²) >= 11 is 0. The molecule has 4 nitrogen and oxygen atoms in total. The summed E-state index contributed by atoms with van der Waals surface area (Å²) in [5, 5.41) is 8.75. The van der Waals surface area contributed by atoms with Gasteiger partial charge in [0.1, 0.15) is 11.5 Å². The van der Waals surface area contributed by atoms with Crippen molar-refractivity contribution >= 4 is 5.97 Å². The van der Waals surface area contributed by atoms with Crippen molar-refractivity contribution in [2.75, 3.05) is 7.11 Å². The summed E-state index contributed by atoms with van der Waals surface area (Å²) in [6, 6.07) is 10.7. The molecule has 4 heteroatoms. The van der Waals surface area contributed by atoms with Crippen LogP contribution in [0.5, 0.6) is 5.75 Å². The third kappa shape index (κ3) is 2.47. The van der Waals surface area contributed by atoms with Crippen LogP contribution in [-0.2, 0) is 6.42 Å². The van der Waals surface area contributed by atoms with E-state index in [9.17, 15) is 4.79 Å². The van der Waals surface area contributed by atoms with Gasteiger partial charge in [-0.25, -0.2) is 4.79 Å². The molecule has 0 fully saturated rings. The summed E-state index contributed by atoms with van der Waals surface area (Å²) in [6.45, 7) is 0. The van der Waals surface area contributed by atoms with Gasteiger partial charge in [0.2, 0.25) is 5.76 Å². The molecule has 1 N–H and O–H groups in total. The van der Waals surface area contributed by atoms with E-state index in [1.807, 2.05) is 24.3 Å². The lowest BCUT2D eigenvalue weighted by Gasteiger charge is -2.05. The number of carbonyl (C=O) groups is 1. The fraction of sp³-hybridized carbons (Fsp3) is 0.154. The molecule has 2 rings (SSSR count). The maximum atomic E-state index is 10.7. The summed E-state index contributed by atoms with van der Waals surface area (Å²) in [4.78, 5) is 10.7. The molecule has 0 amide bonds. The van der Waals surface area contributed by atoms with Crippen molar-refractivity contribution < 1.29 is 19.1 Å². The van der Waals surface area contributed by atoms with Gasteiger partial charge < -0.3 is 14.3 Å². The van der Waals surface area contributed by atoms with E-state index in [-0.39, 0.29) is 5.76 Å². The first-order chi connectivity index (χ1) is 8.20. The van der Waals surface area contributed by atoms with Crippen LogP contribution in [0.4, 0.5) is 0 Å². The average molecular weight is 232 g/mol. The molecule has 88 valence electrons. The third-order valence-corrected chi connectivity index (χ3v) is 2.43. The minimum absolute atomic E-state index is 0.0464. The smallest absolute Gasteiger partial charge is 0.371 e. The zero-order chi connectivity index (χ0) is 12.3. The van der Waals surface area contributed by atoms with Crippen molar-refractivity contribution in [2.24, 2.45) is 0 Å². The largest absolute Gasteiger partial charge is 0.496 e. The Labute approximate surface area is 98.4 Å². The highest BCUT2D eigenvalue weighted by Gasteiger charge is 2.10. The second-order valence-electron chi connectivity index (χ2n) is 3.56. The lowest BCUT2D eigenvalue weighted by atomic mass is 10.1. The van der Waals surface area contributed by atoms with E-state index in [1.165, 1.54) is 6.07 Å². The monoisotopic (exact) mass is 232 g/mol. The molecule has 0 aliphatic rings. The highest BCUT2D eigenvalue weighted by molar-refractivity contribution is 5.84. The van der Waals surface area contributed by atoms with Gasteiger partial charge in [-0.15, -0.1) is 0 Å². The molecule has 0 radical (unpaired) electrons. The number of aromatic carboxylic acids is 1. The Bertz CT molecular complexity index is 528. The Morgan fingerprint density at radius 2 is 2.06 bits per heavy atom. The summed E-state index contributed by atoms with van der Waals surface area (Å²) in [5.41, 5.74) is 0.960. The van der Waals surface area contributed by atoms with E-state index in [0.717, 1.165) is 11.3 Å². The molecule has 2 aromatic rings. The number of para-hydroxylation sites is 1. The number of carboxylic acids is 1. The number of benzene rings is 1. The van der Waals surface area contributed by atoms with Gasteiger partial charge in [-0.05, 0) is 18.2 Å². The van der Waals surface area contributed by atoms with E-state index in [4.69, 9.17) is 14.3 Å². The number of methoxy groups -OCH3 is 1. The summed E-state index contributed by atoms with van der Waals surface area (Å²) in [7, 11) is 1.60. The molecular weight excluding hydrogens is 220 g/mol. The number of hydrogen-bond acceptors (Lipinski definition) is 3. The van der Waals surface area contributed by atoms with Crippen LogP contribution in [0.2, 0.25) is 0 Å². The fourth-order valence-electron chi connectivity index (χ4n) is 1.62. The van der Waals surface area contributed by atoms with E-state index in [2.05, 4.69) is 0 Å².